The second-order valence-electron chi connectivity index (χ2n) is 3.05. The number of thiol groups is 1. The van der Waals surface area contributed by atoms with Crippen molar-refractivity contribution in [2.75, 3.05) is 0 Å². The van der Waals surface area contributed by atoms with E-state index in [0.29, 0.717) is 0 Å². The van der Waals surface area contributed by atoms with Crippen molar-refractivity contribution < 1.29 is 0 Å². The summed E-state index contributed by atoms with van der Waals surface area (Å²) in [5, 5.41) is 8.21. The molecule has 0 unspecified atom stereocenters. The van der Waals surface area contributed by atoms with E-state index in [4.69, 9.17) is 0 Å². The lowest BCUT2D eigenvalue weighted by atomic mass is 10.3. The fourth-order valence-corrected chi connectivity index (χ4v) is 1.28. The van der Waals surface area contributed by atoms with Crippen molar-refractivity contribution in [3.63, 3.8) is 0 Å². The van der Waals surface area contributed by atoms with Gasteiger partial charge < -0.3 is 0 Å². The fraction of sp³-hybridized carbons (Fsp3) is 0. The minimum atomic E-state index is 0.830. The van der Waals surface area contributed by atoms with Gasteiger partial charge in [0.2, 0.25) is 0 Å². The van der Waals surface area contributed by atoms with Gasteiger partial charge in [0.05, 0.1) is 11.4 Å². The quantitative estimate of drug-likeness (QED) is 0.566. The first-order valence-electron chi connectivity index (χ1n) is 4.60. The summed E-state index contributed by atoms with van der Waals surface area (Å²) in [6, 6.07) is 17.2. The maximum atomic E-state index is 4.20. The summed E-state index contributed by atoms with van der Waals surface area (Å²) in [5.41, 5.74) is 1.68. The van der Waals surface area contributed by atoms with Crippen LogP contribution in [0.4, 0.5) is 11.4 Å². The van der Waals surface area contributed by atoms with Crippen molar-refractivity contribution >= 4 is 24.0 Å². The molecule has 74 valence electrons. The zero-order valence-electron chi connectivity index (χ0n) is 8.04. The van der Waals surface area contributed by atoms with E-state index < -0.39 is 0 Å². The van der Waals surface area contributed by atoms with Crippen LogP contribution in [-0.2, 0) is 0 Å². The van der Waals surface area contributed by atoms with Crippen LogP contribution < -0.4 is 0 Å². The highest BCUT2D eigenvalue weighted by atomic mass is 32.1. The average Bonchev–Trinajstić information content (AvgIpc) is 2.30. The zero-order valence-corrected chi connectivity index (χ0v) is 8.93. The molecule has 0 spiro atoms. The maximum absolute atomic E-state index is 4.20. The third-order valence-corrected chi connectivity index (χ3v) is 2.18. The lowest BCUT2D eigenvalue weighted by Gasteiger charge is -1.93. The van der Waals surface area contributed by atoms with Gasteiger partial charge in [0, 0.05) is 4.90 Å². The number of benzene rings is 2. The molecule has 2 nitrogen and oxygen atoms in total. The Bertz CT molecular complexity index is 449. The molecule has 0 heterocycles. The van der Waals surface area contributed by atoms with E-state index >= 15 is 0 Å². The van der Waals surface area contributed by atoms with Crippen LogP contribution in [-0.4, -0.2) is 0 Å². The van der Waals surface area contributed by atoms with Crippen molar-refractivity contribution in [3.05, 3.63) is 54.6 Å². The number of rotatable bonds is 2. The third-order valence-electron chi connectivity index (χ3n) is 1.89. The van der Waals surface area contributed by atoms with Gasteiger partial charge in [-0.15, -0.1) is 12.6 Å². The normalized spacial score (nSPS) is 10.7. The second-order valence-corrected chi connectivity index (χ2v) is 3.57. The molecular formula is C12H10N2S. The van der Waals surface area contributed by atoms with Crippen molar-refractivity contribution in [3.8, 4) is 0 Å². The van der Waals surface area contributed by atoms with Crippen molar-refractivity contribution in [2.24, 2.45) is 10.2 Å². The highest BCUT2D eigenvalue weighted by molar-refractivity contribution is 7.80. The van der Waals surface area contributed by atoms with Crippen LogP contribution in [0.3, 0.4) is 0 Å². The minimum Gasteiger partial charge on any atom is -0.151 e. The molecule has 3 heteroatoms. The molecule has 0 saturated carbocycles. The topological polar surface area (TPSA) is 24.7 Å². The van der Waals surface area contributed by atoms with Crippen LogP contribution in [0.2, 0.25) is 0 Å². The van der Waals surface area contributed by atoms with Gasteiger partial charge >= 0.3 is 0 Å². The van der Waals surface area contributed by atoms with E-state index in [0.717, 1.165) is 16.3 Å². The molecule has 0 atom stereocenters. The van der Waals surface area contributed by atoms with Gasteiger partial charge in [-0.2, -0.15) is 10.2 Å². The van der Waals surface area contributed by atoms with Crippen LogP contribution in [0.25, 0.3) is 0 Å². The molecule has 0 amide bonds. The van der Waals surface area contributed by atoms with E-state index in [-0.39, 0.29) is 0 Å². The molecule has 0 fully saturated rings. The molecule has 0 aromatic heterocycles. The Kier molecular flexibility index (Phi) is 3.15. The maximum Gasteiger partial charge on any atom is 0.0857 e. The lowest BCUT2D eigenvalue weighted by Crippen LogP contribution is -1.65. The molecular weight excluding hydrogens is 204 g/mol. The van der Waals surface area contributed by atoms with Gasteiger partial charge in [-0.05, 0) is 36.4 Å². The van der Waals surface area contributed by atoms with Gasteiger partial charge in [0.1, 0.15) is 0 Å². The molecule has 2 rings (SSSR count). The van der Waals surface area contributed by atoms with Crippen molar-refractivity contribution in [1.29, 1.82) is 0 Å². The average molecular weight is 214 g/mol. The first-order chi connectivity index (χ1) is 7.34. The predicted octanol–water partition coefficient (Wildman–Crippen LogP) is 4.39. The van der Waals surface area contributed by atoms with Gasteiger partial charge in [-0.3, -0.25) is 0 Å². The molecule has 15 heavy (non-hydrogen) atoms. The Labute approximate surface area is 94.1 Å². The predicted molar refractivity (Wildman–Crippen MR) is 64.3 cm³/mol. The summed E-state index contributed by atoms with van der Waals surface area (Å²) in [6.07, 6.45) is 0. The largest absolute Gasteiger partial charge is 0.151 e. The first-order valence-corrected chi connectivity index (χ1v) is 5.05. The van der Waals surface area contributed by atoms with Crippen LogP contribution >= 0.6 is 12.6 Å². The fourth-order valence-electron chi connectivity index (χ4n) is 1.13. The zero-order chi connectivity index (χ0) is 10.5. The summed E-state index contributed by atoms with van der Waals surface area (Å²) in [6.45, 7) is 0. The summed E-state index contributed by atoms with van der Waals surface area (Å²) in [4.78, 5) is 0.925. The molecule has 2 aromatic carbocycles. The van der Waals surface area contributed by atoms with Crippen LogP contribution in [0, 0.1) is 0 Å². The van der Waals surface area contributed by atoms with Crippen molar-refractivity contribution in [2.45, 2.75) is 4.90 Å². The van der Waals surface area contributed by atoms with Gasteiger partial charge in [-0.1, -0.05) is 18.2 Å². The Morgan fingerprint density at radius 1 is 0.667 bits per heavy atom. The van der Waals surface area contributed by atoms with E-state index in [1.165, 1.54) is 0 Å². The Balaban J connectivity index is 2.15. The Morgan fingerprint density at radius 2 is 1.20 bits per heavy atom. The second kappa shape index (κ2) is 4.75. The summed E-state index contributed by atoms with van der Waals surface area (Å²) in [5.74, 6) is 0. The van der Waals surface area contributed by atoms with Gasteiger partial charge in [0.25, 0.3) is 0 Å². The molecule has 0 bridgehead atoms. The van der Waals surface area contributed by atoms with Crippen LogP contribution in [0.1, 0.15) is 0 Å². The molecule has 0 aliphatic rings. The third kappa shape index (κ3) is 2.92. The Hall–Kier alpha value is -1.61. The summed E-state index contributed by atoms with van der Waals surface area (Å²) < 4.78 is 0. The summed E-state index contributed by atoms with van der Waals surface area (Å²) in [7, 11) is 0. The van der Waals surface area contributed by atoms with Gasteiger partial charge in [0.15, 0.2) is 0 Å². The van der Waals surface area contributed by atoms with Crippen LogP contribution in [0.5, 0.6) is 0 Å². The molecule has 0 aliphatic heterocycles. The van der Waals surface area contributed by atoms with E-state index in [1.807, 2.05) is 54.6 Å². The van der Waals surface area contributed by atoms with Crippen molar-refractivity contribution in [1.82, 2.24) is 0 Å². The minimum absolute atomic E-state index is 0.830. The van der Waals surface area contributed by atoms with E-state index in [1.54, 1.807) is 0 Å². The molecule has 0 saturated heterocycles. The molecule has 0 radical (unpaired) electrons. The van der Waals surface area contributed by atoms with E-state index in [2.05, 4.69) is 22.9 Å². The highest BCUT2D eigenvalue weighted by Crippen LogP contribution is 2.18. The molecule has 2 aromatic rings. The number of hydrogen-bond donors (Lipinski definition) is 1. The monoisotopic (exact) mass is 214 g/mol. The van der Waals surface area contributed by atoms with E-state index in [9.17, 15) is 0 Å². The molecule has 0 aliphatic carbocycles. The number of nitrogens with zero attached hydrogens (tertiary/aromatic N) is 2. The lowest BCUT2D eigenvalue weighted by molar-refractivity contribution is 1.22. The molecule has 0 N–H and O–H groups in total. The first kappa shape index (κ1) is 9.93. The van der Waals surface area contributed by atoms with Gasteiger partial charge in [-0.25, -0.2) is 0 Å². The van der Waals surface area contributed by atoms with Crippen LogP contribution in [0.15, 0.2) is 69.7 Å². The SMILES string of the molecule is Sc1ccc(N=Nc2ccccc2)cc1. The number of hydrogen-bond acceptors (Lipinski definition) is 3. The standard InChI is InChI=1S/C12H10N2S/c15-12-8-6-11(7-9-12)14-13-10-4-2-1-3-5-10/h1-9,15H. The highest BCUT2D eigenvalue weighted by Gasteiger charge is 1.89. The Morgan fingerprint density at radius 3 is 1.80 bits per heavy atom. The smallest absolute Gasteiger partial charge is 0.0857 e. The summed E-state index contributed by atoms with van der Waals surface area (Å²) >= 11 is 4.20. The number of azo groups is 1.